The number of amides is 1. The van der Waals surface area contributed by atoms with Gasteiger partial charge in [0.05, 0.1) is 6.61 Å². The summed E-state index contributed by atoms with van der Waals surface area (Å²) < 4.78 is 25.2. The van der Waals surface area contributed by atoms with Gasteiger partial charge < -0.3 is 24.6 Å². The van der Waals surface area contributed by atoms with Crippen molar-refractivity contribution >= 4 is 5.91 Å². The van der Waals surface area contributed by atoms with E-state index in [0.717, 1.165) is 57.6 Å². The Morgan fingerprint density at radius 2 is 1.52 bits per heavy atom. The maximum Gasteiger partial charge on any atom is 0.251 e. The molecule has 2 heterocycles. The Balaban J connectivity index is 1.10. The molecule has 1 amide bonds. The minimum atomic E-state index is -0.258. The Morgan fingerprint density at radius 3 is 2.24 bits per heavy atom. The molecule has 5 rings (SSSR count). The van der Waals surface area contributed by atoms with E-state index in [0.29, 0.717) is 17.9 Å². The highest BCUT2D eigenvalue weighted by atomic mass is 19.1. The first-order valence-corrected chi connectivity index (χ1v) is 15.6. The van der Waals surface area contributed by atoms with Gasteiger partial charge in [0, 0.05) is 37.8 Å². The summed E-state index contributed by atoms with van der Waals surface area (Å²) in [6.45, 7) is 6.73. The predicted molar refractivity (Wildman–Crippen MR) is 165 cm³/mol. The molecule has 3 aromatic carbocycles. The number of benzene rings is 3. The van der Waals surface area contributed by atoms with E-state index in [4.69, 9.17) is 9.47 Å². The number of hydrogen-bond acceptors (Lipinski definition) is 5. The molecule has 224 valence electrons. The van der Waals surface area contributed by atoms with Gasteiger partial charge >= 0.3 is 0 Å². The smallest absolute Gasteiger partial charge is 0.251 e. The topological polar surface area (TPSA) is 54.0 Å². The lowest BCUT2D eigenvalue weighted by Gasteiger charge is -2.34. The van der Waals surface area contributed by atoms with E-state index in [1.165, 1.54) is 50.0 Å². The monoisotopic (exact) mass is 573 g/mol. The summed E-state index contributed by atoms with van der Waals surface area (Å²) in [4.78, 5) is 18.2. The summed E-state index contributed by atoms with van der Waals surface area (Å²) in [6, 6.07) is 24.0. The van der Waals surface area contributed by atoms with Crippen molar-refractivity contribution in [3.05, 3.63) is 95.8 Å². The zero-order chi connectivity index (χ0) is 29.0. The highest BCUT2D eigenvalue weighted by Crippen LogP contribution is 2.20. The lowest BCUT2D eigenvalue weighted by atomic mass is 10.0. The summed E-state index contributed by atoms with van der Waals surface area (Å²) in [6.07, 6.45) is 7.64. The zero-order valence-electron chi connectivity index (χ0n) is 24.6. The van der Waals surface area contributed by atoms with E-state index in [9.17, 15) is 9.18 Å². The van der Waals surface area contributed by atoms with Crippen molar-refractivity contribution in [3.63, 3.8) is 0 Å². The Kier molecular flexibility index (Phi) is 11.2. The van der Waals surface area contributed by atoms with Gasteiger partial charge in [-0.2, -0.15) is 0 Å². The number of carbonyl (C=O) groups excluding carboxylic acids is 1. The summed E-state index contributed by atoms with van der Waals surface area (Å²) in [5.74, 6) is 1.18. The Bertz CT molecular complexity index is 1210. The average molecular weight is 574 g/mol. The number of piperidine rings is 2. The molecule has 0 spiro atoms. The molecule has 0 aromatic heterocycles. The van der Waals surface area contributed by atoms with Crippen LogP contribution in [0, 0.1) is 5.82 Å². The molecule has 42 heavy (non-hydrogen) atoms. The van der Waals surface area contributed by atoms with E-state index in [1.54, 1.807) is 12.1 Å². The van der Waals surface area contributed by atoms with Gasteiger partial charge in [0.15, 0.2) is 0 Å². The molecule has 3 aromatic rings. The third kappa shape index (κ3) is 9.57. The van der Waals surface area contributed by atoms with Crippen LogP contribution in [-0.2, 0) is 6.42 Å². The molecule has 0 radical (unpaired) electrons. The second kappa shape index (κ2) is 15.7. The third-order valence-corrected chi connectivity index (χ3v) is 8.24. The van der Waals surface area contributed by atoms with Crippen molar-refractivity contribution in [2.45, 2.75) is 57.1 Å². The van der Waals surface area contributed by atoms with Crippen LogP contribution in [0.5, 0.6) is 11.5 Å². The molecule has 2 saturated heterocycles. The van der Waals surface area contributed by atoms with Gasteiger partial charge in [-0.3, -0.25) is 4.79 Å². The lowest BCUT2D eigenvalue weighted by molar-refractivity contribution is 0.0844. The minimum Gasteiger partial charge on any atom is -0.494 e. The number of halogens is 1. The highest BCUT2D eigenvalue weighted by Gasteiger charge is 2.24. The molecule has 7 heteroatoms. The SMILES string of the molecule is O=C(N[C@@H](Cc1ccccc1)CN1CCC(Oc2ccc(F)cc2)CC1)c1ccc(OCCCN2CCCCC2)cc1. The Morgan fingerprint density at radius 1 is 0.833 bits per heavy atom. The largest absolute Gasteiger partial charge is 0.494 e. The fourth-order valence-corrected chi connectivity index (χ4v) is 5.92. The van der Waals surface area contributed by atoms with Gasteiger partial charge in [-0.25, -0.2) is 4.39 Å². The van der Waals surface area contributed by atoms with Gasteiger partial charge in [0.25, 0.3) is 5.91 Å². The van der Waals surface area contributed by atoms with E-state index < -0.39 is 0 Å². The van der Waals surface area contributed by atoms with E-state index >= 15 is 0 Å². The van der Waals surface area contributed by atoms with Gasteiger partial charge in [-0.1, -0.05) is 36.8 Å². The third-order valence-electron chi connectivity index (χ3n) is 8.24. The van der Waals surface area contributed by atoms with Crippen molar-refractivity contribution in [3.8, 4) is 11.5 Å². The summed E-state index contributed by atoms with van der Waals surface area (Å²) in [7, 11) is 0. The van der Waals surface area contributed by atoms with Gasteiger partial charge in [-0.15, -0.1) is 0 Å². The van der Waals surface area contributed by atoms with Crippen molar-refractivity contribution in [1.82, 2.24) is 15.1 Å². The second-order valence-electron chi connectivity index (χ2n) is 11.6. The number of likely N-dealkylation sites (tertiary alicyclic amines) is 2. The molecular weight excluding hydrogens is 529 g/mol. The first-order valence-electron chi connectivity index (χ1n) is 15.6. The number of rotatable bonds is 13. The number of nitrogens with zero attached hydrogens (tertiary/aromatic N) is 2. The maximum absolute atomic E-state index is 13.3. The fourth-order valence-electron chi connectivity index (χ4n) is 5.92. The summed E-state index contributed by atoms with van der Waals surface area (Å²) >= 11 is 0. The quantitative estimate of drug-likeness (QED) is 0.256. The molecule has 2 fully saturated rings. The predicted octanol–water partition coefficient (Wildman–Crippen LogP) is 5.97. The van der Waals surface area contributed by atoms with Gasteiger partial charge in [-0.05, 0) is 106 Å². The standard InChI is InChI=1S/C35H44FN3O3/c36-30-12-16-33(17-13-30)42-34-18-23-39(24-19-34)27-31(26-28-8-3-1-4-9-28)37-35(40)29-10-14-32(15-11-29)41-25-7-22-38-20-5-2-6-21-38/h1,3-4,8-17,31,34H,2,5-7,18-27H2,(H,37,40)/t31-/m0/s1. The fraction of sp³-hybridized carbons (Fsp3) is 0.457. The van der Waals surface area contributed by atoms with Crippen LogP contribution in [0.1, 0.15) is 54.4 Å². The number of ether oxygens (including phenoxy) is 2. The van der Waals surface area contributed by atoms with Crippen molar-refractivity contribution < 1.29 is 18.7 Å². The first-order chi connectivity index (χ1) is 20.6. The molecule has 0 aliphatic carbocycles. The molecule has 2 aliphatic rings. The molecule has 0 unspecified atom stereocenters. The van der Waals surface area contributed by atoms with Crippen LogP contribution in [0.25, 0.3) is 0 Å². The lowest BCUT2D eigenvalue weighted by Crippen LogP contribution is -2.48. The molecule has 2 aliphatic heterocycles. The van der Waals surface area contributed by atoms with Crippen LogP contribution >= 0.6 is 0 Å². The van der Waals surface area contributed by atoms with Crippen LogP contribution in [0.15, 0.2) is 78.9 Å². The molecule has 0 saturated carbocycles. The number of carbonyl (C=O) groups is 1. The molecule has 0 bridgehead atoms. The van der Waals surface area contributed by atoms with Crippen molar-refractivity contribution in [2.75, 3.05) is 45.9 Å². The van der Waals surface area contributed by atoms with Crippen LogP contribution in [0.2, 0.25) is 0 Å². The Hall–Kier alpha value is -3.42. The van der Waals surface area contributed by atoms with Crippen LogP contribution in [-0.4, -0.2) is 73.7 Å². The van der Waals surface area contributed by atoms with Crippen molar-refractivity contribution in [2.24, 2.45) is 0 Å². The minimum absolute atomic E-state index is 0.0276. The maximum atomic E-state index is 13.3. The zero-order valence-corrected chi connectivity index (χ0v) is 24.6. The van der Waals surface area contributed by atoms with Crippen LogP contribution in [0.3, 0.4) is 0 Å². The van der Waals surface area contributed by atoms with E-state index in [2.05, 4.69) is 27.2 Å². The number of nitrogens with one attached hydrogen (secondary N) is 1. The van der Waals surface area contributed by atoms with Crippen LogP contribution in [0.4, 0.5) is 4.39 Å². The van der Waals surface area contributed by atoms with Crippen LogP contribution < -0.4 is 14.8 Å². The summed E-state index contributed by atoms with van der Waals surface area (Å²) in [5, 5.41) is 3.30. The van der Waals surface area contributed by atoms with Gasteiger partial charge in [0.1, 0.15) is 23.4 Å². The average Bonchev–Trinajstić information content (AvgIpc) is 3.03. The number of hydrogen-bond donors (Lipinski definition) is 1. The normalized spacial score (nSPS) is 17.5. The molecule has 1 N–H and O–H groups in total. The molecule has 6 nitrogen and oxygen atoms in total. The molecule has 1 atom stereocenters. The van der Waals surface area contributed by atoms with Gasteiger partial charge in [0.2, 0.25) is 0 Å². The Labute approximate surface area is 249 Å². The van der Waals surface area contributed by atoms with Crippen molar-refractivity contribution in [1.29, 1.82) is 0 Å². The van der Waals surface area contributed by atoms with E-state index in [-0.39, 0.29) is 23.9 Å². The molecular formula is C35H44FN3O3. The second-order valence-corrected chi connectivity index (χ2v) is 11.6. The van der Waals surface area contributed by atoms with E-state index in [1.807, 2.05) is 42.5 Å². The first kappa shape index (κ1) is 30.1. The highest BCUT2D eigenvalue weighted by molar-refractivity contribution is 5.94. The summed E-state index contributed by atoms with van der Waals surface area (Å²) in [5.41, 5.74) is 1.84.